The number of hydrogen-bond acceptors (Lipinski definition) is 3. The van der Waals surface area contributed by atoms with Gasteiger partial charge in [0, 0.05) is 24.5 Å². The first-order valence-electron chi connectivity index (χ1n) is 7.85. The average molecular weight is 302 g/mol. The monoisotopic (exact) mass is 302 g/mol. The van der Waals surface area contributed by atoms with Crippen LogP contribution in [0.4, 0.5) is 4.39 Å². The lowest BCUT2D eigenvalue weighted by Gasteiger charge is -2.28. The number of rotatable bonds is 3. The summed E-state index contributed by atoms with van der Waals surface area (Å²) in [6, 6.07) is 6.42. The molecule has 116 valence electrons. The Hall–Kier alpha value is -1.95. The summed E-state index contributed by atoms with van der Waals surface area (Å²) >= 11 is 0. The minimum absolute atomic E-state index is 0.105. The number of benzene rings is 1. The summed E-state index contributed by atoms with van der Waals surface area (Å²) in [7, 11) is 0. The van der Waals surface area contributed by atoms with Gasteiger partial charge >= 0.3 is 0 Å². The van der Waals surface area contributed by atoms with Gasteiger partial charge in [0.15, 0.2) is 0 Å². The molecule has 2 aliphatic heterocycles. The van der Waals surface area contributed by atoms with Crippen molar-refractivity contribution in [2.24, 2.45) is 5.92 Å². The van der Waals surface area contributed by atoms with E-state index in [0.717, 1.165) is 18.4 Å². The number of nitrogens with zero attached hydrogens (tertiary/aromatic N) is 1. The van der Waals surface area contributed by atoms with Crippen LogP contribution < -0.4 is 10.6 Å². The summed E-state index contributed by atoms with van der Waals surface area (Å²) in [4.78, 5) is 12.3. The molecule has 22 heavy (non-hydrogen) atoms. The van der Waals surface area contributed by atoms with Gasteiger partial charge < -0.3 is 10.6 Å². The molecule has 0 unspecified atom stereocenters. The highest BCUT2D eigenvalue weighted by atomic mass is 19.1. The predicted molar refractivity (Wildman–Crippen MR) is 80.6 cm³/mol. The van der Waals surface area contributed by atoms with Crippen LogP contribution in [-0.4, -0.2) is 28.2 Å². The fourth-order valence-electron chi connectivity index (χ4n) is 3.74. The lowest BCUT2D eigenvalue weighted by molar-refractivity contribution is -0.126. The van der Waals surface area contributed by atoms with Crippen molar-refractivity contribution in [2.45, 2.75) is 44.3 Å². The Bertz CT molecular complexity index is 701. The van der Waals surface area contributed by atoms with Crippen molar-refractivity contribution in [3.8, 4) is 0 Å². The number of fused-ring (bicyclic) bond motifs is 3. The van der Waals surface area contributed by atoms with E-state index >= 15 is 0 Å². The molecule has 2 aromatic rings. The molecule has 2 aliphatic rings. The van der Waals surface area contributed by atoms with E-state index in [9.17, 15) is 9.18 Å². The van der Waals surface area contributed by atoms with E-state index in [1.807, 2.05) is 6.07 Å². The number of H-pyrrole nitrogens is 1. The highest BCUT2D eigenvalue weighted by Gasteiger charge is 2.36. The second kappa shape index (κ2) is 5.35. The summed E-state index contributed by atoms with van der Waals surface area (Å²) in [5.74, 6) is -0.280. The Morgan fingerprint density at radius 1 is 1.32 bits per heavy atom. The SMILES string of the molecule is O=C(NCc1ccc2[nH]nc(F)c2c1)[C@@H]1C[C@H]2CC[C@@H](C1)N2. The first kappa shape index (κ1) is 13.7. The standard InChI is InChI=1S/C16H19FN4O/c17-15-13-5-9(1-4-14(13)20-21-15)8-18-16(22)10-6-11-2-3-12(7-10)19-11/h1,4-5,10-12,19H,2-3,6-8H2,(H,18,22)(H,20,21)/t10-,11-,12+. The zero-order chi connectivity index (χ0) is 15.1. The van der Waals surface area contributed by atoms with Crippen molar-refractivity contribution in [1.82, 2.24) is 20.8 Å². The normalized spacial score (nSPS) is 27.2. The van der Waals surface area contributed by atoms with Gasteiger partial charge in [0.25, 0.3) is 0 Å². The summed E-state index contributed by atoms with van der Waals surface area (Å²) in [6.45, 7) is 0.429. The van der Waals surface area contributed by atoms with Crippen LogP contribution in [0.25, 0.3) is 10.9 Å². The lowest BCUT2D eigenvalue weighted by atomic mass is 9.91. The first-order valence-corrected chi connectivity index (χ1v) is 7.85. The van der Waals surface area contributed by atoms with E-state index in [1.165, 1.54) is 12.8 Å². The third kappa shape index (κ3) is 2.47. The van der Waals surface area contributed by atoms with E-state index in [1.54, 1.807) is 12.1 Å². The molecule has 0 saturated carbocycles. The third-order valence-electron chi connectivity index (χ3n) is 4.89. The molecule has 2 fully saturated rings. The molecule has 6 heteroatoms. The Labute approximate surface area is 127 Å². The maximum Gasteiger partial charge on any atom is 0.240 e. The molecule has 3 N–H and O–H groups in total. The van der Waals surface area contributed by atoms with E-state index in [0.29, 0.717) is 29.5 Å². The van der Waals surface area contributed by atoms with Gasteiger partial charge in [-0.3, -0.25) is 9.89 Å². The van der Waals surface area contributed by atoms with Crippen molar-refractivity contribution in [3.63, 3.8) is 0 Å². The number of nitrogens with one attached hydrogen (secondary N) is 3. The van der Waals surface area contributed by atoms with E-state index in [-0.39, 0.29) is 11.8 Å². The quantitative estimate of drug-likeness (QED) is 0.810. The van der Waals surface area contributed by atoms with Crippen molar-refractivity contribution in [3.05, 3.63) is 29.7 Å². The van der Waals surface area contributed by atoms with E-state index in [2.05, 4.69) is 20.8 Å². The molecular formula is C16H19FN4O. The molecule has 1 aromatic carbocycles. The zero-order valence-corrected chi connectivity index (χ0v) is 12.2. The molecule has 5 nitrogen and oxygen atoms in total. The first-order chi connectivity index (χ1) is 10.7. The number of halogens is 1. The van der Waals surface area contributed by atoms with Crippen molar-refractivity contribution in [2.75, 3.05) is 0 Å². The van der Waals surface area contributed by atoms with Crippen LogP contribution in [0.15, 0.2) is 18.2 Å². The number of carbonyl (C=O) groups excluding carboxylic acids is 1. The van der Waals surface area contributed by atoms with Gasteiger partial charge in [-0.15, -0.1) is 5.10 Å². The molecule has 1 amide bonds. The van der Waals surface area contributed by atoms with Gasteiger partial charge in [-0.25, -0.2) is 0 Å². The predicted octanol–water partition coefficient (Wildman–Crippen LogP) is 1.85. The van der Waals surface area contributed by atoms with E-state index < -0.39 is 5.95 Å². The summed E-state index contributed by atoms with van der Waals surface area (Å²) in [5, 5.41) is 13.2. The van der Waals surface area contributed by atoms with Crippen molar-refractivity contribution >= 4 is 16.8 Å². The Morgan fingerprint density at radius 2 is 2.09 bits per heavy atom. The molecule has 0 radical (unpaired) electrons. The molecule has 2 bridgehead atoms. The minimum Gasteiger partial charge on any atom is -0.352 e. The largest absolute Gasteiger partial charge is 0.352 e. The number of amides is 1. The van der Waals surface area contributed by atoms with Gasteiger partial charge in [-0.05, 0) is 43.4 Å². The number of aromatic amines is 1. The second-order valence-electron chi connectivity index (χ2n) is 6.42. The molecule has 2 saturated heterocycles. The lowest BCUT2D eigenvalue weighted by Crippen LogP contribution is -2.43. The Morgan fingerprint density at radius 3 is 2.86 bits per heavy atom. The molecule has 0 spiro atoms. The third-order valence-corrected chi connectivity index (χ3v) is 4.89. The average Bonchev–Trinajstić information content (AvgIpc) is 3.07. The second-order valence-corrected chi connectivity index (χ2v) is 6.42. The number of aromatic nitrogens is 2. The highest BCUT2D eigenvalue weighted by Crippen LogP contribution is 2.31. The van der Waals surface area contributed by atoms with Crippen LogP contribution in [0.3, 0.4) is 0 Å². The smallest absolute Gasteiger partial charge is 0.240 e. The number of hydrogen-bond donors (Lipinski definition) is 3. The van der Waals surface area contributed by atoms with Crippen LogP contribution in [0.1, 0.15) is 31.2 Å². The molecule has 3 heterocycles. The minimum atomic E-state index is -0.502. The fourth-order valence-corrected chi connectivity index (χ4v) is 3.74. The van der Waals surface area contributed by atoms with Crippen molar-refractivity contribution in [1.29, 1.82) is 0 Å². The topological polar surface area (TPSA) is 69.8 Å². The maximum atomic E-state index is 13.5. The van der Waals surface area contributed by atoms with Crippen LogP contribution >= 0.6 is 0 Å². The van der Waals surface area contributed by atoms with Gasteiger partial charge in [0.1, 0.15) is 0 Å². The molecule has 4 rings (SSSR count). The van der Waals surface area contributed by atoms with Gasteiger partial charge in [0.2, 0.25) is 11.9 Å². The molecule has 1 aromatic heterocycles. The van der Waals surface area contributed by atoms with Crippen molar-refractivity contribution < 1.29 is 9.18 Å². The van der Waals surface area contributed by atoms with Crippen LogP contribution in [0, 0.1) is 11.9 Å². The fraction of sp³-hybridized carbons (Fsp3) is 0.500. The number of carbonyl (C=O) groups is 1. The van der Waals surface area contributed by atoms with Gasteiger partial charge in [-0.2, -0.15) is 4.39 Å². The van der Waals surface area contributed by atoms with Gasteiger partial charge in [0.05, 0.1) is 10.9 Å². The Balaban J connectivity index is 1.40. The van der Waals surface area contributed by atoms with Crippen LogP contribution in [-0.2, 0) is 11.3 Å². The summed E-state index contributed by atoms with van der Waals surface area (Å²) in [5.41, 5.74) is 1.56. The number of piperidine rings is 1. The maximum absolute atomic E-state index is 13.5. The van der Waals surface area contributed by atoms with Crippen LogP contribution in [0.5, 0.6) is 0 Å². The van der Waals surface area contributed by atoms with Gasteiger partial charge in [-0.1, -0.05) is 6.07 Å². The highest BCUT2D eigenvalue weighted by molar-refractivity contribution is 5.80. The molecule has 0 aliphatic carbocycles. The van der Waals surface area contributed by atoms with E-state index in [4.69, 9.17) is 0 Å². The Kier molecular flexibility index (Phi) is 3.33. The van der Waals surface area contributed by atoms with Crippen LogP contribution in [0.2, 0.25) is 0 Å². The summed E-state index contributed by atoms with van der Waals surface area (Å²) in [6.07, 6.45) is 4.23. The summed E-state index contributed by atoms with van der Waals surface area (Å²) < 4.78 is 13.5. The molecule has 3 atom stereocenters. The molecular weight excluding hydrogens is 283 g/mol. The zero-order valence-electron chi connectivity index (χ0n) is 12.2.